The average Bonchev–Trinajstić information content (AvgIpc) is 2.55. The number of benzene rings is 1. The highest BCUT2D eigenvalue weighted by molar-refractivity contribution is 5.80. The molecule has 0 aliphatic rings. The van der Waals surface area contributed by atoms with Crippen molar-refractivity contribution in [3.63, 3.8) is 0 Å². The molecule has 0 saturated heterocycles. The first kappa shape index (κ1) is 19.8. The first-order valence-corrected chi connectivity index (χ1v) is 8.39. The lowest BCUT2D eigenvalue weighted by Crippen LogP contribution is -2.38. The van der Waals surface area contributed by atoms with Gasteiger partial charge in [-0.1, -0.05) is 12.1 Å². The highest BCUT2D eigenvalue weighted by Crippen LogP contribution is 2.13. The van der Waals surface area contributed by atoms with Crippen LogP contribution in [-0.2, 0) is 11.3 Å². The zero-order valence-electron chi connectivity index (χ0n) is 15.5. The molecule has 1 amide bonds. The molecule has 1 rings (SSSR count). The monoisotopic (exact) mass is 334 g/mol. The van der Waals surface area contributed by atoms with E-state index in [0.717, 1.165) is 24.8 Å². The van der Waals surface area contributed by atoms with E-state index in [-0.39, 0.29) is 5.91 Å². The van der Waals surface area contributed by atoms with E-state index in [1.165, 1.54) is 5.56 Å². The van der Waals surface area contributed by atoms with Crippen molar-refractivity contribution in [2.75, 3.05) is 40.8 Å². The second kappa shape index (κ2) is 10.5. The van der Waals surface area contributed by atoms with Crippen LogP contribution >= 0.6 is 0 Å². The number of rotatable bonds is 8. The molecule has 0 heterocycles. The fourth-order valence-electron chi connectivity index (χ4n) is 2.16. The molecular formula is C18H30N4O2. The van der Waals surface area contributed by atoms with Gasteiger partial charge in [0.2, 0.25) is 5.91 Å². The van der Waals surface area contributed by atoms with Gasteiger partial charge in [0, 0.05) is 40.7 Å². The summed E-state index contributed by atoms with van der Waals surface area (Å²) in [5, 5.41) is 3.26. The summed E-state index contributed by atoms with van der Waals surface area (Å²) in [6, 6.07) is 8.07. The number of aliphatic imine (C=N–C) groups is 1. The van der Waals surface area contributed by atoms with E-state index < -0.39 is 0 Å². The Labute approximate surface area is 145 Å². The lowest BCUT2D eigenvalue weighted by atomic mass is 10.2. The summed E-state index contributed by atoms with van der Waals surface area (Å²) >= 11 is 0. The summed E-state index contributed by atoms with van der Waals surface area (Å²) in [6.07, 6.45) is 0.415. The van der Waals surface area contributed by atoms with Crippen molar-refractivity contribution >= 4 is 11.9 Å². The van der Waals surface area contributed by atoms with Gasteiger partial charge in [-0.15, -0.1) is 0 Å². The Balaban J connectivity index is 2.64. The van der Waals surface area contributed by atoms with E-state index >= 15 is 0 Å². The zero-order chi connectivity index (χ0) is 17.9. The Kier molecular flexibility index (Phi) is 8.68. The molecule has 0 aromatic heterocycles. The second-order valence-electron chi connectivity index (χ2n) is 5.71. The number of hydrogen-bond donors (Lipinski definition) is 1. The predicted octanol–water partition coefficient (Wildman–Crippen LogP) is 1.96. The van der Waals surface area contributed by atoms with Crippen molar-refractivity contribution in [3.05, 3.63) is 29.8 Å². The van der Waals surface area contributed by atoms with Gasteiger partial charge in [-0.2, -0.15) is 0 Å². The summed E-state index contributed by atoms with van der Waals surface area (Å²) < 4.78 is 5.46. The summed E-state index contributed by atoms with van der Waals surface area (Å²) in [4.78, 5) is 19.8. The molecule has 1 aromatic rings. The molecule has 134 valence electrons. The molecule has 0 fully saturated rings. The van der Waals surface area contributed by atoms with Crippen molar-refractivity contribution < 1.29 is 9.53 Å². The third-order valence-electron chi connectivity index (χ3n) is 3.44. The molecule has 1 N–H and O–H groups in total. The fraction of sp³-hybridized carbons (Fsp3) is 0.556. The molecular weight excluding hydrogens is 304 g/mol. The molecule has 0 aliphatic carbocycles. The van der Waals surface area contributed by atoms with Gasteiger partial charge >= 0.3 is 0 Å². The number of nitrogens with zero attached hydrogens (tertiary/aromatic N) is 3. The molecule has 0 saturated carbocycles. The fourth-order valence-corrected chi connectivity index (χ4v) is 2.16. The van der Waals surface area contributed by atoms with Gasteiger partial charge < -0.3 is 19.9 Å². The van der Waals surface area contributed by atoms with Crippen molar-refractivity contribution in [1.29, 1.82) is 0 Å². The van der Waals surface area contributed by atoms with Crippen LogP contribution in [-0.4, -0.2) is 62.5 Å². The molecule has 1 aromatic carbocycles. The minimum absolute atomic E-state index is 0.0868. The number of amides is 1. The van der Waals surface area contributed by atoms with Crippen LogP contribution < -0.4 is 10.1 Å². The van der Waals surface area contributed by atoms with Crippen molar-refractivity contribution in [3.8, 4) is 5.75 Å². The maximum Gasteiger partial charge on any atom is 0.223 e. The van der Waals surface area contributed by atoms with E-state index in [2.05, 4.69) is 27.3 Å². The summed E-state index contributed by atoms with van der Waals surface area (Å²) in [6.45, 7) is 6.68. The molecule has 6 heteroatoms. The van der Waals surface area contributed by atoms with Gasteiger partial charge in [-0.05, 0) is 31.5 Å². The van der Waals surface area contributed by atoms with E-state index in [9.17, 15) is 4.79 Å². The van der Waals surface area contributed by atoms with Crippen LogP contribution in [0.1, 0.15) is 25.8 Å². The minimum atomic E-state index is 0.0868. The Bertz CT molecular complexity index is 526. The number of guanidine groups is 1. The molecule has 24 heavy (non-hydrogen) atoms. The molecule has 6 nitrogen and oxygen atoms in total. The molecule has 0 aliphatic heterocycles. The van der Waals surface area contributed by atoms with Gasteiger partial charge in [-0.25, -0.2) is 0 Å². The number of carbonyl (C=O) groups is 1. The Hall–Kier alpha value is -2.24. The van der Waals surface area contributed by atoms with Crippen LogP contribution in [0.2, 0.25) is 0 Å². The Morgan fingerprint density at radius 2 is 1.83 bits per heavy atom. The maximum atomic E-state index is 11.6. The average molecular weight is 334 g/mol. The lowest BCUT2D eigenvalue weighted by molar-refractivity contribution is -0.128. The predicted molar refractivity (Wildman–Crippen MR) is 98.4 cm³/mol. The summed E-state index contributed by atoms with van der Waals surface area (Å²) in [5.41, 5.74) is 1.18. The lowest BCUT2D eigenvalue weighted by Gasteiger charge is -2.22. The minimum Gasteiger partial charge on any atom is -0.494 e. The van der Waals surface area contributed by atoms with Crippen molar-refractivity contribution in [2.24, 2.45) is 4.99 Å². The van der Waals surface area contributed by atoms with E-state index in [1.807, 2.05) is 33.0 Å². The quantitative estimate of drug-likeness (QED) is 0.583. The van der Waals surface area contributed by atoms with Gasteiger partial charge in [0.05, 0.1) is 13.2 Å². The summed E-state index contributed by atoms with van der Waals surface area (Å²) in [7, 11) is 5.51. The van der Waals surface area contributed by atoms with Crippen LogP contribution in [0.3, 0.4) is 0 Å². The third kappa shape index (κ3) is 6.89. The Morgan fingerprint density at radius 1 is 1.17 bits per heavy atom. The third-order valence-corrected chi connectivity index (χ3v) is 3.44. The van der Waals surface area contributed by atoms with E-state index in [1.54, 1.807) is 19.0 Å². The first-order valence-electron chi connectivity index (χ1n) is 8.39. The van der Waals surface area contributed by atoms with Crippen molar-refractivity contribution in [1.82, 2.24) is 15.1 Å². The van der Waals surface area contributed by atoms with E-state index in [4.69, 9.17) is 4.74 Å². The van der Waals surface area contributed by atoms with Crippen LogP contribution in [0.25, 0.3) is 0 Å². The van der Waals surface area contributed by atoms with Crippen LogP contribution in [0, 0.1) is 0 Å². The number of ether oxygens (including phenoxy) is 1. The van der Waals surface area contributed by atoms with Gasteiger partial charge in [-0.3, -0.25) is 9.79 Å². The maximum absolute atomic E-state index is 11.6. The number of nitrogens with one attached hydrogen (secondary N) is 1. The largest absolute Gasteiger partial charge is 0.494 e. The first-order chi connectivity index (χ1) is 11.5. The molecule has 0 atom stereocenters. The van der Waals surface area contributed by atoms with Gasteiger partial charge in [0.1, 0.15) is 5.75 Å². The van der Waals surface area contributed by atoms with Gasteiger partial charge in [0.15, 0.2) is 5.96 Å². The second-order valence-corrected chi connectivity index (χ2v) is 5.71. The highest BCUT2D eigenvalue weighted by atomic mass is 16.5. The van der Waals surface area contributed by atoms with Gasteiger partial charge in [0.25, 0.3) is 0 Å². The SMILES string of the molecule is CCNC(=NCCC(=O)N(C)C)N(C)Cc1ccc(OCC)cc1. The zero-order valence-corrected chi connectivity index (χ0v) is 15.5. The number of carbonyl (C=O) groups excluding carboxylic acids is 1. The number of hydrogen-bond acceptors (Lipinski definition) is 3. The normalized spacial score (nSPS) is 11.1. The Morgan fingerprint density at radius 3 is 2.38 bits per heavy atom. The smallest absolute Gasteiger partial charge is 0.223 e. The van der Waals surface area contributed by atoms with Crippen LogP contribution in [0.5, 0.6) is 5.75 Å². The van der Waals surface area contributed by atoms with Crippen LogP contribution in [0.15, 0.2) is 29.3 Å². The highest BCUT2D eigenvalue weighted by Gasteiger charge is 2.08. The van der Waals surface area contributed by atoms with E-state index in [0.29, 0.717) is 19.6 Å². The molecule has 0 unspecified atom stereocenters. The molecule has 0 spiro atoms. The van der Waals surface area contributed by atoms with Crippen molar-refractivity contribution in [2.45, 2.75) is 26.8 Å². The standard InChI is InChI=1S/C18H30N4O2/c1-6-19-18(20-13-12-17(23)21(3)4)22(5)14-15-8-10-16(11-9-15)24-7-2/h8-11H,6-7,12-14H2,1-5H3,(H,19,20). The summed E-state index contributed by atoms with van der Waals surface area (Å²) in [5.74, 6) is 1.77. The van der Waals surface area contributed by atoms with Crippen LogP contribution in [0.4, 0.5) is 0 Å². The topological polar surface area (TPSA) is 57.2 Å². The molecule has 0 bridgehead atoms. The molecule has 0 radical (unpaired) electrons.